The van der Waals surface area contributed by atoms with Gasteiger partial charge in [0.15, 0.2) is 0 Å². The summed E-state index contributed by atoms with van der Waals surface area (Å²) in [6.07, 6.45) is 0. The molecule has 0 aliphatic carbocycles. The summed E-state index contributed by atoms with van der Waals surface area (Å²) in [5, 5.41) is 0. The van der Waals surface area contributed by atoms with E-state index in [1.54, 1.807) is 0 Å². The van der Waals surface area contributed by atoms with Crippen LogP contribution in [-0.4, -0.2) is 70.9 Å². The summed E-state index contributed by atoms with van der Waals surface area (Å²) in [5.74, 6) is 0. The van der Waals surface area contributed by atoms with Crippen LogP contribution >= 0.6 is 0 Å². The van der Waals surface area contributed by atoms with Gasteiger partial charge in [-0.2, -0.15) is 0 Å². The van der Waals surface area contributed by atoms with E-state index in [4.69, 9.17) is 0 Å². The Balaban J connectivity index is 3.68. The van der Waals surface area contributed by atoms with Gasteiger partial charge >= 0.3 is 76.7 Å². The molecule has 0 N–H and O–H groups in total. The van der Waals surface area contributed by atoms with Crippen molar-refractivity contribution in [2.75, 3.05) is 0 Å². The molecular formula is C2Li4. The zero-order chi connectivity index (χ0) is 5.15. The molecular weight excluding hydrogens is 51.8 g/mol. The van der Waals surface area contributed by atoms with Gasteiger partial charge in [0, 0.05) is 0 Å². The van der Waals surface area contributed by atoms with Crippen LogP contribution in [0.25, 0.3) is 0 Å². The van der Waals surface area contributed by atoms with Crippen LogP contribution in [0.5, 0.6) is 0 Å². The van der Waals surface area contributed by atoms with Gasteiger partial charge in [-0.1, -0.05) is 0 Å². The van der Waals surface area contributed by atoms with E-state index in [2.05, 4.69) is 70.9 Å². The normalized spacial score (nSPS) is 8.67. The minimum atomic E-state index is 1.43. The molecule has 0 fully saturated rings. The fourth-order valence-electron chi connectivity index (χ4n) is 0. The van der Waals surface area contributed by atoms with E-state index >= 15 is 0 Å². The molecule has 0 unspecified atom stereocenters. The van der Waals surface area contributed by atoms with Crippen LogP contribution in [0.4, 0.5) is 0 Å². The second kappa shape index (κ2) is 4.05. The second-order valence-electron chi connectivity index (χ2n) is 2.00. The van der Waals surface area contributed by atoms with Crippen molar-refractivity contribution in [1.82, 2.24) is 0 Å². The average Bonchev–Trinajstić information content (AvgIpc) is 1.36. The molecule has 0 atom stereocenters. The van der Waals surface area contributed by atoms with Gasteiger partial charge in [0.25, 0.3) is 0 Å². The molecule has 0 nitrogen and oxygen atoms in total. The summed E-state index contributed by atoms with van der Waals surface area (Å²) in [6, 6.07) is 0. The van der Waals surface area contributed by atoms with Crippen LogP contribution in [0.1, 0.15) is 0 Å². The van der Waals surface area contributed by atoms with Crippen LogP contribution in [0, 0.1) is 0 Å². The summed E-state index contributed by atoms with van der Waals surface area (Å²) in [5.41, 5.74) is 0. The summed E-state index contributed by atoms with van der Waals surface area (Å²) in [6.45, 7) is 0. The second-order valence-corrected chi connectivity index (χ2v) is 2.00. The summed E-state index contributed by atoms with van der Waals surface area (Å²) in [4.78, 5) is 0. The molecule has 4 heteroatoms. The van der Waals surface area contributed by atoms with Crippen molar-refractivity contribution in [1.29, 1.82) is 0 Å². The first-order valence-corrected chi connectivity index (χ1v) is 2.25. The molecule has 0 heterocycles. The number of rotatable bonds is 0. The first kappa shape index (κ1) is 8.13. The van der Waals surface area contributed by atoms with Gasteiger partial charge in [-0.05, 0) is 0 Å². The van der Waals surface area contributed by atoms with Crippen LogP contribution < -0.4 is 0 Å². The average molecular weight is 51.8 g/mol. The van der Waals surface area contributed by atoms with E-state index in [-0.39, 0.29) is 0 Å². The third-order valence-electron chi connectivity index (χ3n) is 1.00. The minimum absolute atomic E-state index is 1.43. The van der Waals surface area contributed by atoms with Crippen LogP contribution in [0.3, 0.4) is 0 Å². The molecule has 0 spiro atoms. The zero-order valence-corrected chi connectivity index (χ0v) is 5.00. The van der Waals surface area contributed by atoms with Crippen molar-refractivity contribution < 1.29 is 0 Å². The molecule has 0 aromatic carbocycles. The van der Waals surface area contributed by atoms with Gasteiger partial charge in [-0.3, -0.25) is 0 Å². The molecule has 0 saturated carbocycles. The Labute approximate surface area is 75.7 Å². The number of hydrogen-bond acceptors (Lipinski definition) is 0. The molecule has 0 saturated heterocycles. The molecule has 0 aliphatic rings. The van der Waals surface area contributed by atoms with Crippen molar-refractivity contribution >= 4 is 70.9 Å². The molecule has 0 aromatic rings. The topological polar surface area (TPSA) is 0 Å². The first-order chi connectivity index (χ1) is 2.64. The predicted molar refractivity (Wildman–Crippen MR) is 30.0 cm³/mol. The molecule has 0 radical (unpaired) electrons. The third-order valence-corrected chi connectivity index (χ3v) is 1.00. The van der Waals surface area contributed by atoms with Gasteiger partial charge in [0.2, 0.25) is 0 Å². The predicted octanol–water partition coefficient (Wildman–Crippen LogP) is -1.21. The molecule has 6 heavy (non-hydrogen) atoms. The Morgan fingerprint density at radius 2 is 0.833 bits per heavy atom. The first-order valence-electron chi connectivity index (χ1n) is 2.25. The van der Waals surface area contributed by atoms with E-state index in [1.165, 1.54) is 5.84 Å². The molecule has 0 bridgehead atoms. The Bertz CT molecular complexity index is 55.6. The number of hydrogen-bond donors (Lipinski definition) is 0. The monoisotopic (exact) mass is 52.1 g/mol. The van der Waals surface area contributed by atoms with Crippen molar-refractivity contribution in [2.24, 2.45) is 0 Å². The third kappa shape index (κ3) is 4.29. The fraction of sp³-hybridized carbons (Fsp3) is 0. The van der Waals surface area contributed by atoms with E-state index in [0.29, 0.717) is 0 Å². The molecule has 0 amide bonds. The molecule has 0 rings (SSSR count). The van der Waals surface area contributed by atoms with Gasteiger partial charge in [0.05, 0.1) is 0 Å². The van der Waals surface area contributed by atoms with Gasteiger partial charge < -0.3 is 0 Å². The summed E-state index contributed by atoms with van der Waals surface area (Å²) >= 11 is 8.48. The van der Waals surface area contributed by atoms with Crippen molar-refractivity contribution in [3.05, 3.63) is 5.84 Å². The van der Waals surface area contributed by atoms with Gasteiger partial charge in [0.1, 0.15) is 0 Å². The van der Waals surface area contributed by atoms with Gasteiger partial charge in [-0.25, -0.2) is 0 Å². The molecule has 12 valence electrons. The van der Waals surface area contributed by atoms with Crippen molar-refractivity contribution in [3.63, 3.8) is 0 Å². The van der Waals surface area contributed by atoms with E-state index in [0.717, 1.165) is 0 Å². The van der Waals surface area contributed by atoms with Crippen molar-refractivity contribution in [2.45, 2.75) is 0 Å². The Kier molecular flexibility index (Phi) is 5.49. The van der Waals surface area contributed by atoms with Crippen LogP contribution in [-0.2, 0) is 0 Å². The standard InChI is InChI=1S/C2.4Li/c1-2;;;;. The van der Waals surface area contributed by atoms with E-state index < -0.39 is 0 Å². The zero-order valence-electron chi connectivity index (χ0n) is 5.00. The van der Waals surface area contributed by atoms with Crippen LogP contribution in [0.15, 0.2) is 5.84 Å². The van der Waals surface area contributed by atoms with E-state index in [9.17, 15) is 0 Å². The molecule has 0 aliphatic heterocycles. The van der Waals surface area contributed by atoms with Crippen molar-refractivity contribution in [3.8, 4) is 0 Å². The maximum absolute atomic E-state index is 2.12. The maximum atomic E-state index is 2.12. The Morgan fingerprint density at radius 1 is 0.667 bits per heavy atom. The summed E-state index contributed by atoms with van der Waals surface area (Å²) < 4.78 is 2.85. The summed E-state index contributed by atoms with van der Waals surface area (Å²) in [7, 11) is 0. The Hall–Kier alpha value is 2.13. The van der Waals surface area contributed by atoms with Gasteiger partial charge in [-0.15, -0.1) is 0 Å². The Morgan fingerprint density at radius 3 is 0.833 bits per heavy atom. The van der Waals surface area contributed by atoms with E-state index in [1.807, 2.05) is 0 Å². The molecule has 0 aromatic heterocycles. The fourth-order valence-corrected chi connectivity index (χ4v) is 0. The SMILES string of the molecule is [Li][C]([Li])=[C]([Li])[Li]. The van der Waals surface area contributed by atoms with Crippen LogP contribution in [0.2, 0.25) is 0 Å². The quantitative estimate of drug-likeness (QED) is 0.303.